The molecule has 0 aliphatic carbocycles. The summed E-state index contributed by atoms with van der Waals surface area (Å²) in [6.45, 7) is 4.70. The normalized spacial score (nSPS) is 23.9. The van der Waals surface area contributed by atoms with Gasteiger partial charge in [0.15, 0.2) is 5.03 Å². The van der Waals surface area contributed by atoms with Gasteiger partial charge in [0.2, 0.25) is 0 Å². The van der Waals surface area contributed by atoms with Crippen molar-refractivity contribution in [1.82, 2.24) is 14.1 Å². The first-order valence-electron chi connectivity index (χ1n) is 6.41. The van der Waals surface area contributed by atoms with Crippen molar-refractivity contribution in [2.24, 2.45) is 7.05 Å². The molecule has 2 heterocycles. The van der Waals surface area contributed by atoms with Crippen molar-refractivity contribution in [3.05, 3.63) is 12.3 Å². The van der Waals surface area contributed by atoms with Crippen molar-refractivity contribution >= 4 is 10.0 Å². The van der Waals surface area contributed by atoms with Crippen LogP contribution in [-0.4, -0.2) is 61.0 Å². The molecule has 1 saturated heterocycles. The predicted octanol–water partition coefficient (Wildman–Crippen LogP) is 0.235. The summed E-state index contributed by atoms with van der Waals surface area (Å²) >= 11 is 0. The Bertz CT molecular complexity index is 567. The van der Waals surface area contributed by atoms with Crippen LogP contribution >= 0.6 is 0 Å². The van der Waals surface area contributed by atoms with Gasteiger partial charge in [0, 0.05) is 27.2 Å². The number of rotatable bonds is 4. The standard InChI is InChI=1S/C12H21N3O4S/c1-12(2)9-15(7-10(19-12)8-18-4)20(16,17)11-5-6-13-14(11)3/h5-6,10H,7-9H2,1-4H3/t10-/m0/s1. The summed E-state index contributed by atoms with van der Waals surface area (Å²) in [4.78, 5) is 0. The quantitative estimate of drug-likeness (QED) is 0.796. The summed E-state index contributed by atoms with van der Waals surface area (Å²) in [6.07, 6.45) is 1.21. The number of hydrogen-bond donors (Lipinski definition) is 0. The topological polar surface area (TPSA) is 73.7 Å². The number of aryl methyl sites for hydroxylation is 1. The fraction of sp³-hybridized carbons (Fsp3) is 0.750. The van der Waals surface area contributed by atoms with Gasteiger partial charge >= 0.3 is 0 Å². The fourth-order valence-electron chi connectivity index (χ4n) is 2.44. The van der Waals surface area contributed by atoms with Crippen LogP contribution in [0.3, 0.4) is 0 Å². The lowest BCUT2D eigenvalue weighted by Crippen LogP contribution is -2.55. The van der Waals surface area contributed by atoms with Gasteiger partial charge in [-0.05, 0) is 19.9 Å². The second kappa shape index (κ2) is 5.44. The highest BCUT2D eigenvalue weighted by Crippen LogP contribution is 2.26. The van der Waals surface area contributed by atoms with Crippen LogP contribution in [-0.2, 0) is 26.5 Å². The van der Waals surface area contributed by atoms with E-state index in [0.29, 0.717) is 13.2 Å². The summed E-state index contributed by atoms with van der Waals surface area (Å²) in [5.74, 6) is 0. The first-order valence-corrected chi connectivity index (χ1v) is 7.85. The molecule has 2 rings (SSSR count). The molecule has 8 heteroatoms. The molecule has 7 nitrogen and oxygen atoms in total. The summed E-state index contributed by atoms with van der Waals surface area (Å²) in [5.41, 5.74) is -0.549. The molecule has 1 aromatic rings. The second-order valence-corrected chi connectivity index (χ2v) is 7.43. The Morgan fingerprint density at radius 1 is 1.55 bits per heavy atom. The number of hydrogen-bond acceptors (Lipinski definition) is 5. The van der Waals surface area contributed by atoms with E-state index in [1.165, 1.54) is 21.3 Å². The zero-order valence-electron chi connectivity index (χ0n) is 12.2. The van der Waals surface area contributed by atoms with E-state index in [0.717, 1.165) is 0 Å². The monoisotopic (exact) mass is 303 g/mol. The Morgan fingerprint density at radius 2 is 2.25 bits per heavy atom. The average molecular weight is 303 g/mol. The van der Waals surface area contributed by atoms with Crippen molar-refractivity contribution in [3.63, 3.8) is 0 Å². The number of nitrogens with zero attached hydrogens (tertiary/aromatic N) is 3. The highest BCUT2D eigenvalue weighted by Gasteiger charge is 2.40. The number of sulfonamides is 1. The molecule has 1 aliphatic rings. The lowest BCUT2D eigenvalue weighted by atomic mass is 10.1. The minimum atomic E-state index is -3.57. The van der Waals surface area contributed by atoms with Crippen molar-refractivity contribution in [3.8, 4) is 0 Å². The maximum atomic E-state index is 12.7. The lowest BCUT2D eigenvalue weighted by Gasteiger charge is -2.41. The van der Waals surface area contributed by atoms with E-state index in [-0.39, 0.29) is 17.7 Å². The van der Waals surface area contributed by atoms with Crippen LogP contribution < -0.4 is 0 Å². The third-order valence-electron chi connectivity index (χ3n) is 3.18. The van der Waals surface area contributed by atoms with Gasteiger partial charge in [-0.1, -0.05) is 0 Å². The molecule has 20 heavy (non-hydrogen) atoms. The van der Waals surface area contributed by atoms with Crippen LogP contribution in [0.25, 0.3) is 0 Å². The molecule has 1 atom stereocenters. The number of methoxy groups -OCH3 is 1. The third-order valence-corrected chi connectivity index (χ3v) is 5.07. The Hall–Kier alpha value is -0.960. The van der Waals surface area contributed by atoms with Crippen LogP contribution in [0, 0.1) is 0 Å². The van der Waals surface area contributed by atoms with Gasteiger partial charge in [0.05, 0.1) is 24.5 Å². The van der Waals surface area contributed by atoms with E-state index in [1.807, 2.05) is 13.8 Å². The zero-order valence-corrected chi connectivity index (χ0v) is 13.1. The van der Waals surface area contributed by atoms with E-state index >= 15 is 0 Å². The van der Waals surface area contributed by atoms with E-state index in [2.05, 4.69) is 5.10 Å². The molecule has 0 spiro atoms. The predicted molar refractivity (Wildman–Crippen MR) is 72.8 cm³/mol. The SMILES string of the molecule is COC[C@@H]1CN(S(=O)(=O)c2ccnn2C)CC(C)(C)O1. The minimum Gasteiger partial charge on any atom is -0.382 e. The molecule has 114 valence electrons. The summed E-state index contributed by atoms with van der Waals surface area (Å²) in [7, 11) is -0.383. The average Bonchev–Trinajstić information content (AvgIpc) is 2.74. The van der Waals surface area contributed by atoms with Crippen molar-refractivity contribution in [1.29, 1.82) is 0 Å². The van der Waals surface area contributed by atoms with Crippen molar-refractivity contribution in [2.75, 3.05) is 26.8 Å². The Kier molecular flexibility index (Phi) is 4.19. The molecule has 0 aromatic carbocycles. The first-order chi connectivity index (χ1) is 9.26. The zero-order chi connectivity index (χ0) is 15.0. The van der Waals surface area contributed by atoms with Crippen LogP contribution in [0.1, 0.15) is 13.8 Å². The van der Waals surface area contributed by atoms with Crippen molar-refractivity contribution < 1.29 is 17.9 Å². The largest absolute Gasteiger partial charge is 0.382 e. The van der Waals surface area contributed by atoms with Crippen LogP contribution in [0.4, 0.5) is 0 Å². The van der Waals surface area contributed by atoms with Gasteiger partial charge in [0.25, 0.3) is 10.0 Å². The molecule has 0 saturated carbocycles. The Morgan fingerprint density at radius 3 is 2.80 bits per heavy atom. The van der Waals surface area contributed by atoms with Crippen LogP contribution in [0.15, 0.2) is 17.3 Å². The maximum absolute atomic E-state index is 12.7. The highest BCUT2D eigenvalue weighted by atomic mass is 32.2. The first kappa shape index (κ1) is 15.4. The van der Waals surface area contributed by atoms with Gasteiger partial charge in [-0.2, -0.15) is 9.40 Å². The molecule has 0 amide bonds. The number of aromatic nitrogens is 2. The van der Waals surface area contributed by atoms with Gasteiger partial charge < -0.3 is 9.47 Å². The molecule has 0 unspecified atom stereocenters. The van der Waals surface area contributed by atoms with Gasteiger partial charge in [-0.25, -0.2) is 8.42 Å². The van der Waals surface area contributed by atoms with Crippen LogP contribution in [0.2, 0.25) is 0 Å². The molecular formula is C12H21N3O4S. The van der Waals surface area contributed by atoms with Gasteiger partial charge in [-0.3, -0.25) is 4.68 Å². The maximum Gasteiger partial charge on any atom is 0.260 e. The van der Waals surface area contributed by atoms with E-state index < -0.39 is 15.6 Å². The van der Waals surface area contributed by atoms with Crippen molar-refractivity contribution in [2.45, 2.75) is 30.6 Å². The molecule has 1 aromatic heterocycles. The molecule has 1 fully saturated rings. The van der Waals surface area contributed by atoms with Gasteiger partial charge in [0.1, 0.15) is 0 Å². The molecular weight excluding hydrogens is 282 g/mol. The molecule has 0 radical (unpaired) electrons. The second-order valence-electron chi connectivity index (χ2n) is 5.55. The van der Waals surface area contributed by atoms with E-state index in [9.17, 15) is 8.42 Å². The summed E-state index contributed by atoms with van der Waals surface area (Å²) < 4.78 is 39.1. The fourth-order valence-corrected chi connectivity index (χ4v) is 4.17. The van der Waals surface area contributed by atoms with E-state index in [4.69, 9.17) is 9.47 Å². The Balaban J connectivity index is 2.29. The summed E-state index contributed by atoms with van der Waals surface area (Å²) in [5, 5.41) is 4.11. The molecule has 1 aliphatic heterocycles. The molecule has 0 N–H and O–H groups in total. The smallest absolute Gasteiger partial charge is 0.260 e. The highest BCUT2D eigenvalue weighted by molar-refractivity contribution is 7.89. The number of morpholine rings is 1. The third kappa shape index (κ3) is 3.03. The van der Waals surface area contributed by atoms with E-state index in [1.54, 1.807) is 14.2 Å². The van der Waals surface area contributed by atoms with Crippen LogP contribution in [0.5, 0.6) is 0 Å². The van der Waals surface area contributed by atoms with Gasteiger partial charge in [-0.15, -0.1) is 0 Å². The molecule has 0 bridgehead atoms. The summed E-state index contributed by atoms with van der Waals surface area (Å²) in [6, 6.07) is 1.50. The lowest BCUT2D eigenvalue weighted by molar-refractivity contribution is -0.135. The Labute approximate surface area is 119 Å². The minimum absolute atomic E-state index is 0.186. The number of ether oxygens (including phenoxy) is 2.